The van der Waals surface area contributed by atoms with Crippen LogP contribution in [0.3, 0.4) is 0 Å². The van der Waals surface area contributed by atoms with Crippen molar-refractivity contribution >= 4 is 45.1 Å². The topological polar surface area (TPSA) is 75.7 Å². The smallest absolute Gasteiger partial charge is 0.340 e. The molecular formula is C20H19BrN2O4. The van der Waals surface area contributed by atoms with Crippen LogP contribution in [0.15, 0.2) is 53.0 Å². The van der Waals surface area contributed by atoms with Crippen LogP contribution in [-0.2, 0) is 14.3 Å². The molecule has 6 nitrogen and oxygen atoms in total. The van der Waals surface area contributed by atoms with Crippen LogP contribution in [0.5, 0.6) is 0 Å². The molecule has 1 atom stereocenters. The van der Waals surface area contributed by atoms with Gasteiger partial charge in [0.2, 0.25) is 11.8 Å². The maximum atomic E-state index is 12.7. The van der Waals surface area contributed by atoms with Gasteiger partial charge >= 0.3 is 5.97 Å². The van der Waals surface area contributed by atoms with Crippen molar-refractivity contribution in [1.82, 2.24) is 0 Å². The summed E-state index contributed by atoms with van der Waals surface area (Å²) in [4.78, 5) is 38.7. The predicted molar refractivity (Wildman–Crippen MR) is 106 cm³/mol. The van der Waals surface area contributed by atoms with Crippen molar-refractivity contribution in [3.05, 3.63) is 58.6 Å². The van der Waals surface area contributed by atoms with Gasteiger partial charge in [-0.15, -0.1) is 0 Å². The fourth-order valence-electron chi connectivity index (χ4n) is 2.97. The number of nitrogens with zero attached hydrogens (tertiary/aromatic N) is 1. The van der Waals surface area contributed by atoms with Crippen LogP contribution in [0.2, 0.25) is 0 Å². The number of hydrogen-bond acceptors (Lipinski definition) is 4. The van der Waals surface area contributed by atoms with Crippen LogP contribution in [0.4, 0.5) is 11.4 Å². The van der Waals surface area contributed by atoms with Gasteiger partial charge in [0, 0.05) is 23.1 Å². The Morgan fingerprint density at radius 1 is 1.19 bits per heavy atom. The second kappa shape index (κ2) is 8.35. The molecule has 1 N–H and O–H groups in total. The molecule has 1 fully saturated rings. The average molecular weight is 431 g/mol. The minimum absolute atomic E-state index is 0.101. The van der Waals surface area contributed by atoms with E-state index in [0.717, 1.165) is 10.2 Å². The van der Waals surface area contributed by atoms with E-state index in [1.54, 1.807) is 36.1 Å². The van der Waals surface area contributed by atoms with E-state index in [0.29, 0.717) is 17.8 Å². The predicted octanol–water partition coefficient (Wildman–Crippen LogP) is 3.62. The van der Waals surface area contributed by atoms with Crippen LogP contribution in [0.1, 0.15) is 23.7 Å². The summed E-state index contributed by atoms with van der Waals surface area (Å²) in [6, 6.07) is 14.0. The van der Waals surface area contributed by atoms with Crippen LogP contribution < -0.4 is 10.2 Å². The standard InChI is InChI=1S/C20H19BrN2O4/c1-2-27-20(26)16-5-3-4-6-17(16)22-19(25)13-11-18(24)23(12-13)15-9-7-14(21)8-10-15/h3-10,13H,2,11-12H2,1H3,(H,22,25)/t13-/m1/s1. The highest BCUT2D eigenvalue weighted by Crippen LogP contribution is 2.27. The number of carbonyl (C=O) groups is 3. The number of nitrogens with one attached hydrogen (secondary N) is 1. The Labute approximate surface area is 165 Å². The molecule has 0 aromatic heterocycles. The van der Waals surface area contributed by atoms with Gasteiger partial charge in [-0.25, -0.2) is 4.79 Å². The second-order valence-corrected chi connectivity index (χ2v) is 7.05. The summed E-state index contributed by atoms with van der Waals surface area (Å²) in [5.41, 5.74) is 1.43. The fraction of sp³-hybridized carbons (Fsp3) is 0.250. The zero-order chi connectivity index (χ0) is 19.4. The van der Waals surface area contributed by atoms with Crippen molar-refractivity contribution in [3.63, 3.8) is 0 Å². The lowest BCUT2D eigenvalue weighted by atomic mass is 10.1. The first-order chi connectivity index (χ1) is 13.0. The maximum Gasteiger partial charge on any atom is 0.340 e. The highest BCUT2D eigenvalue weighted by molar-refractivity contribution is 9.10. The first kappa shape index (κ1) is 19.1. The first-order valence-electron chi connectivity index (χ1n) is 8.62. The lowest BCUT2D eigenvalue weighted by molar-refractivity contribution is -0.122. The third kappa shape index (κ3) is 4.36. The van der Waals surface area contributed by atoms with Gasteiger partial charge in [-0.2, -0.15) is 0 Å². The maximum absolute atomic E-state index is 12.7. The summed E-state index contributed by atoms with van der Waals surface area (Å²) in [5, 5.41) is 2.77. The third-order valence-electron chi connectivity index (χ3n) is 4.31. The van der Waals surface area contributed by atoms with E-state index in [9.17, 15) is 14.4 Å². The Morgan fingerprint density at radius 3 is 2.59 bits per heavy atom. The molecule has 1 aliphatic rings. The Balaban J connectivity index is 1.72. The Kier molecular flexibility index (Phi) is 5.91. The molecule has 2 amide bonds. The average Bonchev–Trinajstić information content (AvgIpc) is 3.05. The van der Waals surface area contributed by atoms with Crippen molar-refractivity contribution in [1.29, 1.82) is 0 Å². The van der Waals surface area contributed by atoms with Crippen molar-refractivity contribution in [2.24, 2.45) is 5.92 Å². The number of rotatable bonds is 5. The number of carbonyl (C=O) groups excluding carboxylic acids is 3. The monoisotopic (exact) mass is 430 g/mol. The summed E-state index contributed by atoms with van der Waals surface area (Å²) < 4.78 is 5.94. The highest BCUT2D eigenvalue weighted by atomic mass is 79.9. The molecule has 1 saturated heterocycles. The van der Waals surface area contributed by atoms with Crippen molar-refractivity contribution < 1.29 is 19.1 Å². The summed E-state index contributed by atoms with van der Waals surface area (Å²) in [6.45, 7) is 2.27. The van der Waals surface area contributed by atoms with E-state index in [-0.39, 0.29) is 24.8 Å². The van der Waals surface area contributed by atoms with Crippen LogP contribution in [-0.4, -0.2) is 30.9 Å². The normalized spacial score (nSPS) is 16.3. The van der Waals surface area contributed by atoms with Gasteiger partial charge in [0.15, 0.2) is 0 Å². The molecule has 0 aliphatic carbocycles. The van der Waals surface area contributed by atoms with Crippen LogP contribution in [0, 0.1) is 5.92 Å². The zero-order valence-electron chi connectivity index (χ0n) is 14.8. The molecule has 0 saturated carbocycles. The molecule has 2 aromatic carbocycles. The largest absolute Gasteiger partial charge is 0.462 e. The lowest BCUT2D eigenvalue weighted by Gasteiger charge is -2.17. The number of amides is 2. The molecule has 0 unspecified atom stereocenters. The number of anilines is 2. The summed E-state index contributed by atoms with van der Waals surface area (Å²) in [7, 11) is 0. The van der Waals surface area contributed by atoms with E-state index in [1.165, 1.54) is 0 Å². The molecular weight excluding hydrogens is 412 g/mol. The minimum Gasteiger partial charge on any atom is -0.462 e. The van der Waals surface area contributed by atoms with E-state index in [4.69, 9.17) is 4.74 Å². The Bertz CT molecular complexity index is 867. The molecule has 0 bridgehead atoms. The molecule has 0 spiro atoms. The lowest BCUT2D eigenvalue weighted by Crippen LogP contribution is -2.28. The SMILES string of the molecule is CCOC(=O)c1ccccc1NC(=O)[C@@H]1CC(=O)N(c2ccc(Br)cc2)C1. The third-order valence-corrected chi connectivity index (χ3v) is 4.84. The molecule has 27 heavy (non-hydrogen) atoms. The zero-order valence-corrected chi connectivity index (χ0v) is 16.4. The highest BCUT2D eigenvalue weighted by Gasteiger charge is 2.35. The van der Waals surface area contributed by atoms with Gasteiger partial charge in [-0.3, -0.25) is 9.59 Å². The molecule has 140 valence electrons. The number of halogens is 1. The van der Waals surface area contributed by atoms with E-state index < -0.39 is 11.9 Å². The Hall–Kier alpha value is -2.67. The van der Waals surface area contributed by atoms with E-state index >= 15 is 0 Å². The van der Waals surface area contributed by atoms with Gasteiger partial charge in [0.05, 0.1) is 23.8 Å². The van der Waals surface area contributed by atoms with Crippen molar-refractivity contribution in [2.75, 3.05) is 23.4 Å². The summed E-state index contributed by atoms with van der Waals surface area (Å²) >= 11 is 3.37. The van der Waals surface area contributed by atoms with E-state index in [1.807, 2.05) is 24.3 Å². The van der Waals surface area contributed by atoms with Crippen LogP contribution in [0.25, 0.3) is 0 Å². The Morgan fingerprint density at radius 2 is 1.89 bits per heavy atom. The number of ether oxygens (including phenoxy) is 1. The minimum atomic E-state index is -0.493. The quantitative estimate of drug-likeness (QED) is 0.734. The molecule has 3 rings (SSSR count). The van der Waals surface area contributed by atoms with Gasteiger partial charge < -0.3 is 15.0 Å². The van der Waals surface area contributed by atoms with Gasteiger partial charge in [0.1, 0.15) is 0 Å². The molecule has 0 radical (unpaired) electrons. The van der Waals surface area contributed by atoms with E-state index in [2.05, 4.69) is 21.2 Å². The van der Waals surface area contributed by atoms with Gasteiger partial charge in [-0.05, 0) is 43.3 Å². The van der Waals surface area contributed by atoms with Crippen molar-refractivity contribution in [3.8, 4) is 0 Å². The fourth-order valence-corrected chi connectivity index (χ4v) is 3.23. The number of esters is 1. The number of hydrogen-bond donors (Lipinski definition) is 1. The first-order valence-corrected chi connectivity index (χ1v) is 9.42. The summed E-state index contributed by atoms with van der Waals surface area (Å²) in [6.07, 6.45) is 0.128. The molecule has 1 heterocycles. The van der Waals surface area contributed by atoms with Crippen molar-refractivity contribution in [2.45, 2.75) is 13.3 Å². The molecule has 1 aliphatic heterocycles. The number of benzene rings is 2. The second-order valence-electron chi connectivity index (χ2n) is 6.14. The van der Waals surface area contributed by atoms with Gasteiger partial charge in [0.25, 0.3) is 0 Å². The molecule has 7 heteroatoms. The van der Waals surface area contributed by atoms with Crippen LogP contribution >= 0.6 is 15.9 Å². The van der Waals surface area contributed by atoms with Gasteiger partial charge in [-0.1, -0.05) is 28.1 Å². The summed E-state index contributed by atoms with van der Waals surface area (Å²) in [5.74, 6) is -1.38. The number of para-hydroxylation sites is 1. The molecule has 2 aromatic rings.